The van der Waals surface area contributed by atoms with E-state index in [9.17, 15) is 9.18 Å². The second kappa shape index (κ2) is 41.1. The van der Waals surface area contributed by atoms with Crippen LogP contribution in [0, 0.1) is 36.4 Å². The Labute approximate surface area is 328 Å². The number of pyridine rings is 1. The molecule has 0 amide bonds. The molecule has 300 valence electrons. The Morgan fingerprint density at radius 2 is 1.36 bits per heavy atom. The van der Waals surface area contributed by atoms with Crippen LogP contribution in [0.3, 0.4) is 0 Å². The molecule has 1 atom stereocenters. The molecule has 0 radical (unpaired) electrons. The highest BCUT2D eigenvalue weighted by Gasteiger charge is 2.02. The Bertz CT molecular complexity index is 1250. The number of benzene rings is 2. The molecule has 1 aromatic heterocycles. The Hall–Kier alpha value is -3.71. The van der Waals surface area contributed by atoms with Crippen LogP contribution < -0.4 is 0 Å². The van der Waals surface area contributed by atoms with Gasteiger partial charge in [-0.05, 0) is 99.1 Å². The second-order valence-electron chi connectivity index (χ2n) is 13.7. The predicted molar refractivity (Wildman–Crippen MR) is 234 cm³/mol. The van der Waals surface area contributed by atoms with Crippen molar-refractivity contribution in [3.05, 3.63) is 113 Å². The van der Waals surface area contributed by atoms with Gasteiger partial charge in [0.1, 0.15) is 5.82 Å². The number of terminal acetylenes is 1. The van der Waals surface area contributed by atoms with Gasteiger partial charge in [-0.1, -0.05) is 169 Å². The number of aromatic carboxylic acids is 1. The molecule has 0 aliphatic heterocycles. The van der Waals surface area contributed by atoms with Crippen LogP contribution >= 0.6 is 0 Å². The molecule has 4 heteroatoms. The average Bonchev–Trinajstić information content (AvgIpc) is 3.17. The van der Waals surface area contributed by atoms with Gasteiger partial charge < -0.3 is 5.11 Å². The Balaban J connectivity index is -0.000000278. The molecule has 0 saturated heterocycles. The molecule has 0 saturated carbocycles. The number of aromatic nitrogens is 1. The van der Waals surface area contributed by atoms with E-state index in [4.69, 9.17) is 5.11 Å². The number of hydrogen-bond acceptors (Lipinski definition) is 2. The minimum absolute atomic E-state index is 0.144. The average molecular weight is 734 g/mol. The predicted octanol–water partition coefficient (Wildman–Crippen LogP) is 15.3. The lowest BCUT2D eigenvalue weighted by molar-refractivity contribution is 0.0696. The van der Waals surface area contributed by atoms with E-state index >= 15 is 0 Å². The van der Waals surface area contributed by atoms with Gasteiger partial charge in [-0.15, -0.1) is 12.8 Å². The molecule has 3 rings (SSSR count). The number of rotatable bonds is 14. The van der Waals surface area contributed by atoms with Gasteiger partial charge in [0.15, 0.2) is 0 Å². The minimum atomic E-state index is -0.901. The van der Waals surface area contributed by atoms with Crippen LogP contribution in [0.2, 0.25) is 0 Å². The Kier molecular flexibility index (Phi) is 43.4. The van der Waals surface area contributed by atoms with Crippen LogP contribution in [0.5, 0.6) is 0 Å². The van der Waals surface area contributed by atoms with E-state index < -0.39 is 5.97 Å². The highest BCUT2D eigenvalue weighted by molar-refractivity contribution is 5.87. The number of carbonyl (C=O) groups is 1. The number of carboxylic acid groups (broad SMARTS) is 1. The first kappa shape index (κ1) is 56.0. The van der Waals surface area contributed by atoms with Gasteiger partial charge in [-0.3, -0.25) is 4.98 Å². The van der Waals surface area contributed by atoms with E-state index in [2.05, 4.69) is 117 Å². The van der Waals surface area contributed by atoms with E-state index in [1.807, 2.05) is 39.0 Å². The number of unbranched alkanes of at least 4 members (excludes halogenated alkanes) is 2. The van der Waals surface area contributed by atoms with Crippen molar-refractivity contribution in [2.45, 2.75) is 161 Å². The van der Waals surface area contributed by atoms with Crippen LogP contribution in [-0.4, -0.2) is 16.1 Å². The number of hydrogen-bond donors (Lipinski definition) is 1. The lowest BCUT2D eigenvalue weighted by Gasteiger charge is -2.10. The number of allylic oxidation sites excluding steroid dienone is 2. The quantitative estimate of drug-likeness (QED) is 0.102. The molecule has 1 unspecified atom stereocenters. The first-order chi connectivity index (χ1) is 25.3. The molecular formula is C49H80FNO2. The van der Waals surface area contributed by atoms with Gasteiger partial charge in [0, 0.05) is 11.9 Å². The Morgan fingerprint density at radius 1 is 0.774 bits per heavy atom. The van der Waals surface area contributed by atoms with E-state index in [0.717, 1.165) is 42.7 Å². The monoisotopic (exact) mass is 734 g/mol. The molecule has 0 spiro atoms. The fourth-order valence-electron chi connectivity index (χ4n) is 4.77. The number of aryl methyl sites for hydroxylation is 3. The molecule has 1 heterocycles. The molecule has 0 fully saturated rings. The zero-order valence-corrected chi connectivity index (χ0v) is 36.4. The van der Waals surface area contributed by atoms with E-state index in [-0.39, 0.29) is 5.82 Å². The molecule has 53 heavy (non-hydrogen) atoms. The first-order valence-electron chi connectivity index (χ1n) is 20.2. The molecule has 2 aromatic carbocycles. The van der Waals surface area contributed by atoms with Crippen LogP contribution in [-0.2, 0) is 19.3 Å². The van der Waals surface area contributed by atoms with E-state index in [1.165, 1.54) is 92.5 Å². The van der Waals surface area contributed by atoms with Crippen molar-refractivity contribution in [2.75, 3.05) is 0 Å². The maximum atomic E-state index is 12.5. The summed E-state index contributed by atoms with van der Waals surface area (Å²) < 4.78 is 12.5. The topological polar surface area (TPSA) is 50.2 Å². The van der Waals surface area contributed by atoms with Crippen LogP contribution in [0.1, 0.15) is 169 Å². The van der Waals surface area contributed by atoms with Gasteiger partial charge in [0.05, 0.1) is 5.56 Å². The minimum Gasteiger partial charge on any atom is -0.478 e. The van der Waals surface area contributed by atoms with E-state index in [0.29, 0.717) is 5.56 Å². The van der Waals surface area contributed by atoms with Crippen molar-refractivity contribution in [2.24, 2.45) is 17.8 Å². The molecule has 3 nitrogen and oxygen atoms in total. The zero-order chi connectivity index (χ0) is 41.5. The standard InChI is InChI=1S/C11H15F.C10H22.C8H9NO2.C8H10.C8H16.C2H6.C2H2/c1-2-3-4-5-10-6-8-11(12)9-7-10;1-5-6-10(4)8-7-9(2)3;1-2-7-5-6(8(10)11)3-4-9-7;1-2-8-6-4-3-5-7-8;1-5-8(4)6-7(2)3;2*1-2/h6-9H,2-5H2,1H3;9-10H,5-8H2,1-4H3;3-5H,2H2,1H3,(H,10,11);3-7H,2H2,1H3;5,7H,6H2,1-4H3;1-2H3;1-2H/b;;;;8-5+;;. The fourth-order valence-corrected chi connectivity index (χ4v) is 4.77. The van der Waals surface area contributed by atoms with E-state index in [1.54, 1.807) is 6.07 Å². The largest absolute Gasteiger partial charge is 0.478 e. The third-order valence-electron chi connectivity index (χ3n) is 7.90. The van der Waals surface area contributed by atoms with Gasteiger partial charge >= 0.3 is 5.97 Å². The van der Waals surface area contributed by atoms with Crippen LogP contribution in [0.4, 0.5) is 4.39 Å². The van der Waals surface area contributed by atoms with Crippen molar-refractivity contribution in [3.63, 3.8) is 0 Å². The van der Waals surface area contributed by atoms with Gasteiger partial charge in [0.25, 0.3) is 0 Å². The number of carboxylic acids is 1. The summed E-state index contributed by atoms with van der Waals surface area (Å²) in [6, 6.07) is 20.3. The highest BCUT2D eigenvalue weighted by atomic mass is 19.1. The van der Waals surface area contributed by atoms with Gasteiger partial charge in [-0.25, -0.2) is 9.18 Å². The number of nitrogens with zero attached hydrogens (tertiary/aromatic N) is 1. The summed E-state index contributed by atoms with van der Waals surface area (Å²) in [7, 11) is 0. The molecule has 0 aliphatic carbocycles. The number of halogens is 1. The van der Waals surface area contributed by atoms with Crippen molar-refractivity contribution in [1.82, 2.24) is 4.98 Å². The van der Waals surface area contributed by atoms with Crippen molar-refractivity contribution in [3.8, 4) is 12.8 Å². The van der Waals surface area contributed by atoms with Crippen molar-refractivity contribution in [1.29, 1.82) is 0 Å². The fraction of sp³-hybridized carbons (Fsp3) is 0.551. The van der Waals surface area contributed by atoms with Gasteiger partial charge in [-0.2, -0.15) is 0 Å². The zero-order valence-electron chi connectivity index (χ0n) is 36.4. The first-order valence-corrected chi connectivity index (χ1v) is 20.2. The summed E-state index contributed by atoms with van der Waals surface area (Å²) in [6.45, 7) is 28.3. The van der Waals surface area contributed by atoms with Crippen LogP contribution in [0.25, 0.3) is 0 Å². The molecule has 0 bridgehead atoms. The maximum absolute atomic E-state index is 12.5. The Morgan fingerprint density at radius 3 is 1.75 bits per heavy atom. The highest BCUT2D eigenvalue weighted by Crippen LogP contribution is 2.15. The summed E-state index contributed by atoms with van der Waals surface area (Å²) in [5.41, 5.74) is 5.26. The summed E-state index contributed by atoms with van der Waals surface area (Å²) in [4.78, 5) is 14.4. The summed E-state index contributed by atoms with van der Waals surface area (Å²) in [6.07, 6.45) is 25.2. The lowest BCUT2D eigenvalue weighted by atomic mass is 9.96. The molecule has 1 N–H and O–H groups in total. The lowest BCUT2D eigenvalue weighted by Crippen LogP contribution is -1.98. The SMILES string of the molecule is C#C.C/C=C(\C)CC(C)C.CC.CCCC(C)CCC(C)C.CCCCCc1ccc(F)cc1.CCc1cc(C(=O)O)ccn1.CCc1ccccc1. The summed E-state index contributed by atoms with van der Waals surface area (Å²) >= 11 is 0. The third kappa shape index (κ3) is 39.3. The summed E-state index contributed by atoms with van der Waals surface area (Å²) in [5, 5.41) is 8.58. The molecule has 3 aromatic rings. The van der Waals surface area contributed by atoms with Gasteiger partial charge in [0.2, 0.25) is 0 Å². The normalized spacial score (nSPS) is 10.4. The summed E-state index contributed by atoms with van der Waals surface area (Å²) in [5.74, 6) is 1.61. The molecule has 0 aliphatic rings. The van der Waals surface area contributed by atoms with Crippen molar-refractivity contribution >= 4 is 5.97 Å². The molecular weight excluding hydrogens is 654 g/mol. The van der Waals surface area contributed by atoms with Crippen molar-refractivity contribution < 1.29 is 14.3 Å². The van der Waals surface area contributed by atoms with Crippen LogP contribution in [0.15, 0.2) is 84.6 Å². The second-order valence-corrected chi connectivity index (χ2v) is 13.7. The maximum Gasteiger partial charge on any atom is 0.335 e. The smallest absolute Gasteiger partial charge is 0.335 e. The third-order valence-corrected chi connectivity index (χ3v) is 7.90.